The lowest BCUT2D eigenvalue weighted by molar-refractivity contribution is 1.16. The molecule has 0 saturated carbocycles. The molecule has 0 aromatic carbocycles. The molecule has 0 fully saturated rings. The number of aliphatic imine (C=N–C) groups is 1. The van der Waals surface area contributed by atoms with Crippen LogP contribution < -0.4 is 11.5 Å². The number of pyridine rings is 1. The molecule has 0 radical (unpaired) electrons. The maximum atomic E-state index is 5.26. The Kier molecular flexibility index (Phi) is 2.28. The molecule has 1 rings (SSSR count). The molecular formula is C8H12N4. The van der Waals surface area contributed by atoms with Crippen molar-refractivity contribution >= 4 is 11.6 Å². The molecule has 1 aromatic rings. The lowest BCUT2D eigenvalue weighted by atomic mass is 10.2. The van der Waals surface area contributed by atoms with E-state index < -0.39 is 0 Å². The van der Waals surface area contributed by atoms with Gasteiger partial charge in [-0.3, -0.25) is 4.98 Å². The van der Waals surface area contributed by atoms with E-state index in [1.54, 1.807) is 6.20 Å². The number of hydrogen-bond acceptors (Lipinski definition) is 2. The lowest BCUT2D eigenvalue weighted by Crippen LogP contribution is -2.22. The van der Waals surface area contributed by atoms with Gasteiger partial charge in [0, 0.05) is 6.20 Å². The lowest BCUT2D eigenvalue weighted by Gasteiger charge is -2.02. The van der Waals surface area contributed by atoms with Crippen LogP contribution in [0.3, 0.4) is 0 Å². The van der Waals surface area contributed by atoms with Crippen molar-refractivity contribution in [2.75, 3.05) is 0 Å². The Balaban J connectivity index is 3.22. The Morgan fingerprint density at radius 2 is 2.08 bits per heavy atom. The van der Waals surface area contributed by atoms with E-state index in [4.69, 9.17) is 11.5 Å². The minimum absolute atomic E-state index is 0.0641. The van der Waals surface area contributed by atoms with Crippen molar-refractivity contribution in [3.05, 3.63) is 23.5 Å². The Morgan fingerprint density at radius 1 is 1.42 bits per heavy atom. The highest BCUT2D eigenvalue weighted by molar-refractivity contribution is 5.79. The quantitative estimate of drug-likeness (QED) is 0.471. The van der Waals surface area contributed by atoms with Crippen molar-refractivity contribution in [2.24, 2.45) is 16.5 Å². The van der Waals surface area contributed by atoms with E-state index in [-0.39, 0.29) is 5.96 Å². The molecule has 0 unspecified atom stereocenters. The van der Waals surface area contributed by atoms with Gasteiger partial charge in [0.05, 0.1) is 11.4 Å². The molecule has 0 amide bonds. The zero-order valence-electron chi connectivity index (χ0n) is 7.20. The maximum absolute atomic E-state index is 5.26. The third-order valence-electron chi connectivity index (χ3n) is 1.55. The first kappa shape index (κ1) is 8.52. The molecule has 4 nitrogen and oxygen atoms in total. The molecular weight excluding hydrogens is 152 g/mol. The average Bonchev–Trinajstić information content (AvgIpc) is 1.97. The summed E-state index contributed by atoms with van der Waals surface area (Å²) in [6, 6.07) is 1.87. The van der Waals surface area contributed by atoms with E-state index in [9.17, 15) is 0 Å². The first-order chi connectivity index (χ1) is 5.61. The molecule has 4 heteroatoms. The summed E-state index contributed by atoms with van der Waals surface area (Å²) < 4.78 is 0. The fourth-order valence-electron chi connectivity index (χ4n) is 0.984. The fraction of sp³-hybridized carbons (Fsp3) is 0.250. The van der Waals surface area contributed by atoms with E-state index in [0.717, 1.165) is 16.9 Å². The van der Waals surface area contributed by atoms with Crippen molar-refractivity contribution in [3.8, 4) is 0 Å². The molecule has 0 aliphatic heterocycles. The molecule has 0 aliphatic rings. The number of nitrogens with two attached hydrogens (primary N) is 2. The Labute approximate surface area is 71.3 Å². The topological polar surface area (TPSA) is 77.3 Å². The van der Waals surface area contributed by atoms with Gasteiger partial charge in [-0.25, -0.2) is 4.99 Å². The average molecular weight is 164 g/mol. The van der Waals surface area contributed by atoms with Crippen LogP contribution in [0.15, 0.2) is 17.3 Å². The predicted molar refractivity (Wildman–Crippen MR) is 49.2 cm³/mol. The van der Waals surface area contributed by atoms with Crippen LogP contribution >= 0.6 is 0 Å². The molecule has 1 aromatic heterocycles. The van der Waals surface area contributed by atoms with E-state index in [2.05, 4.69) is 9.98 Å². The molecule has 0 saturated heterocycles. The summed E-state index contributed by atoms with van der Waals surface area (Å²) >= 11 is 0. The standard InChI is InChI=1S/C8H12N4/c1-5-3-4-11-6(2)7(5)12-8(9)10/h3-4H,1-2H3,(H4,9,10,12). The Hall–Kier alpha value is -1.58. The zero-order chi connectivity index (χ0) is 9.14. The number of aryl methyl sites for hydroxylation is 2. The number of guanidine groups is 1. The van der Waals surface area contributed by atoms with Crippen molar-refractivity contribution in [1.82, 2.24) is 4.98 Å². The summed E-state index contributed by atoms with van der Waals surface area (Å²) in [6.07, 6.45) is 1.73. The third-order valence-corrected chi connectivity index (χ3v) is 1.55. The highest BCUT2D eigenvalue weighted by atomic mass is 15.0. The van der Waals surface area contributed by atoms with Gasteiger partial charge in [0.15, 0.2) is 5.96 Å². The first-order valence-electron chi connectivity index (χ1n) is 3.63. The monoisotopic (exact) mass is 164 g/mol. The summed E-state index contributed by atoms with van der Waals surface area (Å²) in [4.78, 5) is 8.04. The second-order valence-corrected chi connectivity index (χ2v) is 2.60. The van der Waals surface area contributed by atoms with Gasteiger partial charge >= 0.3 is 0 Å². The molecule has 0 bridgehead atoms. The molecule has 0 atom stereocenters. The zero-order valence-corrected chi connectivity index (χ0v) is 7.20. The largest absolute Gasteiger partial charge is 0.370 e. The van der Waals surface area contributed by atoms with Gasteiger partial charge in [0.2, 0.25) is 0 Å². The molecule has 1 heterocycles. The fourth-order valence-corrected chi connectivity index (χ4v) is 0.984. The van der Waals surface area contributed by atoms with Crippen molar-refractivity contribution in [2.45, 2.75) is 13.8 Å². The summed E-state index contributed by atoms with van der Waals surface area (Å²) in [5, 5.41) is 0. The van der Waals surface area contributed by atoms with Crippen LogP contribution in [0.1, 0.15) is 11.3 Å². The van der Waals surface area contributed by atoms with Crippen LogP contribution in [0.2, 0.25) is 0 Å². The van der Waals surface area contributed by atoms with Crippen LogP contribution in [0.25, 0.3) is 0 Å². The molecule has 0 spiro atoms. The smallest absolute Gasteiger partial charge is 0.191 e. The van der Waals surface area contributed by atoms with Gasteiger partial charge in [-0.1, -0.05) is 0 Å². The molecule has 4 N–H and O–H groups in total. The van der Waals surface area contributed by atoms with Gasteiger partial charge in [-0.05, 0) is 25.5 Å². The second-order valence-electron chi connectivity index (χ2n) is 2.60. The van der Waals surface area contributed by atoms with Gasteiger partial charge in [0.1, 0.15) is 0 Å². The number of aromatic nitrogens is 1. The van der Waals surface area contributed by atoms with Crippen molar-refractivity contribution in [3.63, 3.8) is 0 Å². The minimum Gasteiger partial charge on any atom is -0.370 e. The van der Waals surface area contributed by atoms with E-state index in [0.29, 0.717) is 0 Å². The molecule has 12 heavy (non-hydrogen) atoms. The van der Waals surface area contributed by atoms with Crippen LogP contribution in [-0.2, 0) is 0 Å². The van der Waals surface area contributed by atoms with Crippen LogP contribution in [0, 0.1) is 13.8 Å². The highest BCUT2D eigenvalue weighted by Gasteiger charge is 2.00. The van der Waals surface area contributed by atoms with E-state index >= 15 is 0 Å². The third kappa shape index (κ3) is 1.72. The highest BCUT2D eigenvalue weighted by Crippen LogP contribution is 2.19. The van der Waals surface area contributed by atoms with E-state index in [1.807, 2.05) is 19.9 Å². The maximum Gasteiger partial charge on any atom is 0.191 e. The minimum atomic E-state index is 0.0641. The summed E-state index contributed by atoms with van der Waals surface area (Å²) in [5.41, 5.74) is 13.1. The first-order valence-corrected chi connectivity index (χ1v) is 3.63. The molecule has 0 aliphatic carbocycles. The summed E-state index contributed by atoms with van der Waals surface area (Å²) in [6.45, 7) is 3.81. The van der Waals surface area contributed by atoms with Crippen molar-refractivity contribution in [1.29, 1.82) is 0 Å². The Bertz CT molecular complexity index is 293. The Morgan fingerprint density at radius 3 is 2.58 bits per heavy atom. The van der Waals surface area contributed by atoms with Gasteiger partial charge in [-0.15, -0.1) is 0 Å². The van der Waals surface area contributed by atoms with Crippen LogP contribution in [0.5, 0.6) is 0 Å². The summed E-state index contributed by atoms with van der Waals surface area (Å²) in [5.74, 6) is 0.0641. The number of rotatable bonds is 1. The van der Waals surface area contributed by atoms with Gasteiger partial charge in [0.25, 0.3) is 0 Å². The normalized spacial score (nSPS) is 9.50. The van der Waals surface area contributed by atoms with Crippen LogP contribution in [0.4, 0.5) is 5.69 Å². The van der Waals surface area contributed by atoms with Crippen LogP contribution in [-0.4, -0.2) is 10.9 Å². The van der Waals surface area contributed by atoms with Crippen molar-refractivity contribution < 1.29 is 0 Å². The molecule has 64 valence electrons. The predicted octanol–water partition coefficient (Wildman–Crippen LogP) is 0.603. The van der Waals surface area contributed by atoms with Gasteiger partial charge in [-0.2, -0.15) is 0 Å². The summed E-state index contributed by atoms with van der Waals surface area (Å²) in [7, 11) is 0. The van der Waals surface area contributed by atoms with E-state index in [1.165, 1.54) is 0 Å². The second kappa shape index (κ2) is 3.21. The SMILES string of the molecule is Cc1ccnc(C)c1N=C(N)N. The number of nitrogens with zero attached hydrogens (tertiary/aromatic N) is 2. The number of hydrogen-bond donors (Lipinski definition) is 2. The van der Waals surface area contributed by atoms with Gasteiger partial charge < -0.3 is 11.5 Å².